The van der Waals surface area contributed by atoms with E-state index in [1.807, 2.05) is 18.9 Å². The Kier molecular flexibility index (Phi) is 4.56. The van der Waals surface area contributed by atoms with E-state index in [1.165, 1.54) is 0 Å². The molecule has 0 bridgehead atoms. The fraction of sp³-hybridized carbons (Fsp3) is 0.750. The van der Waals surface area contributed by atoms with Crippen molar-refractivity contribution < 1.29 is 9.66 Å². The van der Waals surface area contributed by atoms with Gasteiger partial charge in [0, 0.05) is 26.7 Å². The van der Waals surface area contributed by atoms with Crippen LogP contribution in [0.15, 0.2) is 0 Å². The Morgan fingerprint density at radius 1 is 1.60 bits per heavy atom. The van der Waals surface area contributed by atoms with Gasteiger partial charge < -0.3 is 15.0 Å². The number of hydrogen-bond acceptors (Lipinski definition) is 6. The number of nitro groups is 1. The number of likely N-dealkylation sites (N-methyl/N-ethyl adjacent to an activating group) is 1. The lowest BCUT2D eigenvalue weighted by Gasteiger charge is -2.33. The predicted octanol–water partition coefficient (Wildman–Crippen LogP) is 0.315. The maximum absolute atomic E-state index is 11.3. The van der Waals surface area contributed by atoms with Gasteiger partial charge in [0.15, 0.2) is 0 Å². The second-order valence-corrected chi connectivity index (χ2v) is 4.85. The van der Waals surface area contributed by atoms with Gasteiger partial charge >= 0.3 is 5.69 Å². The summed E-state index contributed by atoms with van der Waals surface area (Å²) in [7, 11) is 3.62. The van der Waals surface area contributed by atoms with Crippen LogP contribution in [0.5, 0.6) is 0 Å². The van der Waals surface area contributed by atoms with Gasteiger partial charge in [-0.15, -0.1) is 0 Å². The molecule has 0 aromatic carbocycles. The number of anilines is 1. The molecule has 0 saturated carbocycles. The Labute approximate surface area is 117 Å². The van der Waals surface area contributed by atoms with Crippen LogP contribution in [0.2, 0.25) is 0 Å². The number of aromatic nitrogens is 2. The van der Waals surface area contributed by atoms with Crippen molar-refractivity contribution in [3.63, 3.8) is 0 Å². The monoisotopic (exact) mass is 283 g/mol. The number of rotatable bonds is 5. The molecule has 0 spiro atoms. The van der Waals surface area contributed by atoms with Crippen LogP contribution in [0, 0.1) is 10.1 Å². The number of aryl methyl sites for hydroxylation is 2. The maximum atomic E-state index is 11.3. The first kappa shape index (κ1) is 14.7. The maximum Gasteiger partial charge on any atom is 0.334 e. The molecule has 20 heavy (non-hydrogen) atoms. The molecule has 1 aromatic rings. The summed E-state index contributed by atoms with van der Waals surface area (Å²) in [5, 5.41) is 18.7. The fourth-order valence-electron chi connectivity index (χ4n) is 2.60. The van der Waals surface area contributed by atoms with Crippen LogP contribution in [0.4, 0.5) is 11.5 Å². The van der Waals surface area contributed by atoms with Gasteiger partial charge in [-0.3, -0.25) is 10.1 Å². The van der Waals surface area contributed by atoms with Gasteiger partial charge in [0.2, 0.25) is 5.82 Å². The minimum atomic E-state index is -0.330. The molecule has 2 heterocycles. The highest BCUT2D eigenvalue weighted by Gasteiger charge is 2.32. The lowest BCUT2D eigenvalue weighted by molar-refractivity contribution is -0.384. The van der Waals surface area contributed by atoms with E-state index in [4.69, 9.17) is 4.74 Å². The van der Waals surface area contributed by atoms with E-state index in [9.17, 15) is 10.1 Å². The van der Waals surface area contributed by atoms with E-state index in [2.05, 4.69) is 10.4 Å². The molecule has 1 N–H and O–H groups in total. The smallest absolute Gasteiger partial charge is 0.334 e. The zero-order valence-electron chi connectivity index (χ0n) is 12.1. The summed E-state index contributed by atoms with van der Waals surface area (Å²) < 4.78 is 7.25. The molecule has 0 radical (unpaired) electrons. The average Bonchev–Trinajstić information content (AvgIpc) is 2.76. The molecule has 8 heteroatoms. The Morgan fingerprint density at radius 3 is 2.95 bits per heavy atom. The first-order valence-corrected chi connectivity index (χ1v) is 6.79. The van der Waals surface area contributed by atoms with Crippen molar-refractivity contribution in [3.8, 4) is 0 Å². The number of morpholine rings is 1. The molecule has 0 aliphatic carbocycles. The van der Waals surface area contributed by atoms with Crippen LogP contribution in [0.3, 0.4) is 0 Å². The average molecular weight is 283 g/mol. The van der Waals surface area contributed by atoms with Crippen LogP contribution in [0.1, 0.15) is 12.6 Å². The molecule has 0 amide bonds. The van der Waals surface area contributed by atoms with Crippen LogP contribution < -0.4 is 10.2 Å². The van der Waals surface area contributed by atoms with Gasteiger partial charge in [0.05, 0.1) is 17.6 Å². The number of hydrogen-bond donors (Lipinski definition) is 1. The summed E-state index contributed by atoms with van der Waals surface area (Å²) >= 11 is 0. The van der Waals surface area contributed by atoms with E-state index < -0.39 is 0 Å². The largest absolute Gasteiger partial charge is 0.373 e. The van der Waals surface area contributed by atoms with Gasteiger partial charge in [-0.2, -0.15) is 5.10 Å². The predicted molar refractivity (Wildman–Crippen MR) is 75.1 cm³/mol. The number of nitrogens with zero attached hydrogens (tertiary/aromatic N) is 4. The minimum absolute atomic E-state index is 0.0355. The van der Waals surface area contributed by atoms with Crippen molar-refractivity contribution in [1.82, 2.24) is 15.1 Å². The lowest BCUT2D eigenvalue weighted by Crippen LogP contribution is -2.47. The van der Waals surface area contributed by atoms with E-state index >= 15 is 0 Å². The Balaban J connectivity index is 2.31. The van der Waals surface area contributed by atoms with Crippen LogP contribution in [-0.4, -0.2) is 54.1 Å². The summed E-state index contributed by atoms with van der Waals surface area (Å²) in [4.78, 5) is 13.0. The highest BCUT2D eigenvalue weighted by atomic mass is 16.6. The summed E-state index contributed by atoms with van der Waals surface area (Å²) in [6.45, 7) is 4.44. The second kappa shape index (κ2) is 6.19. The zero-order chi connectivity index (χ0) is 14.7. The third-order valence-electron chi connectivity index (χ3n) is 3.45. The van der Waals surface area contributed by atoms with Crippen molar-refractivity contribution in [2.24, 2.45) is 7.05 Å². The van der Waals surface area contributed by atoms with Gasteiger partial charge in [0.1, 0.15) is 5.69 Å². The summed E-state index contributed by atoms with van der Waals surface area (Å²) in [6, 6.07) is 0. The molecule has 1 aliphatic rings. The van der Waals surface area contributed by atoms with Crippen LogP contribution in [0.25, 0.3) is 0 Å². The third-order valence-corrected chi connectivity index (χ3v) is 3.45. The summed E-state index contributed by atoms with van der Waals surface area (Å²) in [5.74, 6) is 0.580. The zero-order valence-corrected chi connectivity index (χ0v) is 12.1. The Bertz CT molecular complexity index is 486. The minimum Gasteiger partial charge on any atom is -0.373 e. The van der Waals surface area contributed by atoms with Gasteiger partial charge in [0.25, 0.3) is 0 Å². The molecular weight excluding hydrogens is 262 g/mol. The topological polar surface area (TPSA) is 85.5 Å². The fourth-order valence-corrected chi connectivity index (χ4v) is 2.60. The van der Waals surface area contributed by atoms with E-state index in [0.717, 1.165) is 6.54 Å². The summed E-state index contributed by atoms with van der Waals surface area (Å²) in [6.07, 6.45) is 0.586. The molecule has 1 unspecified atom stereocenters. The van der Waals surface area contributed by atoms with E-state index in [1.54, 1.807) is 11.7 Å². The molecule has 1 atom stereocenters. The first-order chi connectivity index (χ1) is 9.58. The quantitative estimate of drug-likeness (QED) is 0.618. The summed E-state index contributed by atoms with van der Waals surface area (Å²) in [5.41, 5.74) is 0.657. The molecular formula is C12H21N5O3. The molecule has 8 nitrogen and oxygen atoms in total. The van der Waals surface area contributed by atoms with Crippen molar-refractivity contribution in [3.05, 3.63) is 15.8 Å². The van der Waals surface area contributed by atoms with Crippen molar-refractivity contribution in [1.29, 1.82) is 0 Å². The highest BCUT2D eigenvalue weighted by Crippen LogP contribution is 2.32. The second-order valence-electron chi connectivity index (χ2n) is 4.85. The Morgan fingerprint density at radius 2 is 2.35 bits per heavy atom. The highest BCUT2D eigenvalue weighted by molar-refractivity contribution is 5.62. The lowest BCUT2D eigenvalue weighted by atomic mass is 10.2. The molecule has 1 aliphatic heterocycles. The number of nitrogens with one attached hydrogen (secondary N) is 1. The molecule has 1 aromatic heterocycles. The normalized spacial score (nSPS) is 19.4. The van der Waals surface area contributed by atoms with Gasteiger partial charge in [-0.1, -0.05) is 6.92 Å². The van der Waals surface area contributed by atoms with Crippen molar-refractivity contribution >= 4 is 11.5 Å². The number of ether oxygens (including phenoxy) is 1. The van der Waals surface area contributed by atoms with Gasteiger partial charge in [-0.25, -0.2) is 4.68 Å². The van der Waals surface area contributed by atoms with Crippen LogP contribution in [-0.2, 0) is 18.2 Å². The molecule has 1 saturated heterocycles. The molecule has 2 rings (SSSR count). The van der Waals surface area contributed by atoms with E-state index in [0.29, 0.717) is 37.6 Å². The SMILES string of the molecule is CCc1nn(C)c(N2CCOC(CNC)C2)c1[N+](=O)[O-]. The Hall–Kier alpha value is -1.67. The van der Waals surface area contributed by atoms with Crippen molar-refractivity contribution in [2.75, 3.05) is 38.2 Å². The third kappa shape index (κ3) is 2.75. The standard InChI is InChI=1S/C12H21N5O3/c1-4-10-11(17(18)19)12(15(3)14-10)16-5-6-20-9(8-16)7-13-2/h9,13H,4-8H2,1-3H3. The van der Waals surface area contributed by atoms with Crippen LogP contribution >= 0.6 is 0 Å². The molecule has 1 fully saturated rings. The van der Waals surface area contributed by atoms with Crippen molar-refractivity contribution in [2.45, 2.75) is 19.4 Å². The van der Waals surface area contributed by atoms with E-state index in [-0.39, 0.29) is 16.7 Å². The first-order valence-electron chi connectivity index (χ1n) is 6.79. The molecule has 112 valence electrons. The van der Waals surface area contributed by atoms with Gasteiger partial charge in [-0.05, 0) is 13.5 Å².